The minimum absolute atomic E-state index is 0.560. The first-order valence-electron chi connectivity index (χ1n) is 7.16. The molecule has 2 heterocycles. The monoisotopic (exact) mass is 313 g/mol. The van der Waals surface area contributed by atoms with E-state index in [1.165, 1.54) is 11.3 Å². The summed E-state index contributed by atoms with van der Waals surface area (Å²) in [5.41, 5.74) is 3.30. The average molecular weight is 313 g/mol. The molecule has 0 saturated carbocycles. The molecule has 108 valence electrons. The van der Waals surface area contributed by atoms with Crippen LogP contribution in [0.1, 0.15) is 10.6 Å². The molecule has 0 amide bonds. The van der Waals surface area contributed by atoms with Gasteiger partial charge in [0.05, 0.1) is 21.3 Å². The number of thiazole rings is 1. The molecule has 23 heavy (non-hydrogen) atoms. The maximum atomic E-state index is 9.57. The summed E-state index contributed by atoms with van der Waals surface area (Å²) in [5.74, 6) is 0. The van der Waals surface area contributed by atoms with E-state index in [4.69, 9.17) is 0 Å². The van der Waals surface area contributed by atoms with Gasteiger partial charge in [-0.2, -0.15) is 5.26 Å². The molecule has 0 aliphatic carbocycles. The van der Waals surface area contributed by atoms with Crippen molar-refractivity contribution in [2.24, 2.45) is 0 Å². The molecule has 0 saturated heterocycles. The Morgan fingerprint density at radius 3 is 2.78 bits per heavy atom. The van der Waals surface area contributed by atoms with Gasteiger partial charge >= 0.3 is 0 Å². The number of pyridine rings is 1. The van der Waals surface area contributed by atoms with Crippen LogP contribution in [0.25, 0.3) is 32.8 Å². The van der Waals surface area contributed by atoms with Gasteiger partial charge in [0.2, 0.25) is 0 Å². The van der Waals surface area contributed by atoms with Gasteiger partial charge in [0.25, 0.3) is 0 Å². The lowest BCUT2D eigenvalue weighted by atomic mass is 10.1. The molecule has 0 N–H and O–H groups in total. The third-order valence-electron chi connectivity index (χ3n) is 3.61. The Labute approximate surface area is 137 Å². The van der Waals surface area contributed by atoms with E-state index >= 15 is 0 Å². The van der Waals surface area contributed by atoms with Crippen molar-refractivity contribution in [3.05, 3.63) is 71.4 Å². The number of allylic oxidation sites excluding steroid dienone is 1. The third-order valence-corrected chi connectivity index (χ3v) is 4.68. The lowest BCUT2D eigenvalue weighted by Gasteiger charge is -2.01. The molecule has 4 rings (SSSR count). The molecule has 0 fully saturated rings. The van der Waals surface area contributed by atoms with Crippen LogP contribution in [0.4, 0.5) is 0 Å². The predicted octanol–water partition coefficient (Wildman–Crippen LogP) is 4.91. The van der Waals surface area contributed by atoms with Gasteiger partial charge in [-0.15, -0.1) is 11.3 Å². The molecule has 0 unspecified atom stereocenters. The summed E-state index contributed by atoms with van der Waals surface area (Å²) in [5, 5.41) is 11.4. The third kappa shape index (κ3) is 2.48. The Kier molecular flexibility index (Phi) is 3.34. The number of nitriles is 1. The van der Waals surface area contributed by atoms with Gasteiger partial charge in [-0.25, -0.2) is 4.98 Å². The fraction of sp³-hybridized carbons (Fsp3) is 0. The van der Waals surface area contributed by atoms with Crippen molar-refractivity contribution in [1.29, 1.82) is 5.26 Å². The van der Waals surface area contributed by atoms with Crippen LogP contribution < -0.4 is 0 Å². The Morgan fingerprint density at radius 2 is 1.91 bits per heavy atom. The largest absolute Gasteiger partial charge is 0.256 e. The molecule has 0 spiro atoms. The molecule has 2 aromatic carbocycles. The lowest BCUT2D eigenvalue weighted by Crippen LogP contribution is -1.85. The first-order chi connectivity index (χ1) is 11.3. The van der Waals surface area contributed by atoms with Crippen molar-refractivity contribution < 1.29 is 0 Å². The Balaban J connectivity index is 1.88. The quantitative estimate of drug-likeness (QED) is 0.494. The normalized spacial score (nSPS) is 11.7. The zero-order valence-electron chi connectivity index (χ0n) is 12.1. The molecule has 4 aromatic rings. The highest BCUT2D eigenvalue weighted by Crippen LogP contribution is 2.29. The van der Waals surface area contributed by atoms with Gasteiger partial charge in [-0.3, -0.25) is 4.98 Å². The highest BCUT2D eigenvalue weighted by molar-refractivity contribution is 7.19. The molecule has 3 nitrogen and oxygen atoms in total. The van der Waals surface area contributed by atoms with E-state index < -0.39 is 0 Å². The minimum Gasteiger partial charge on any atom is -0.256 e. The van der Waals surface area contributed by atoms with Crippen molar-refractivity contribution in [2.75, 3.05) is 0 Å². The lowest BCUT2D eigenvalue weighted by molar-refractivity contribution is 1.40. The van der Waals surface area contributed by atoms with E-state index in [1.807, 2.05) is 60.7 Å². The number of rotatable bonds is 2. The minimum atomic E-state index is 0.560. The highest BCUT2D eigenvalue weighted by Gasteiger charge is 2.09. The smallest absolute Gasteiger partial charge is 0.135 e. The summed E-state index contributed by atoms with van der Waals surface area (Å²) < 4.78 is 1.08. The molecule has 0 aliphatic rings. The van der Waals surface area contributed by atoms with E-state index in [1.54, 1.807) is 6.20 Å². The zero-order valence-corrected chi connectivity index (χ0v) is 12.9. The summed E-state index contributed by atoms with van der Waals surface area (Å²) in [6.07, 6.45) is 3.64. The standard InChI is InChI=1S/C19H11N3S/c20-12-15(19-22-16-8-1-2-9-17(16)23-19)11-14-6-3-5-13-7-4-10-21-18(13)14/h1-11H/b15-11+. The fourth-order valence-electron chi connectivity index (χ4n) is 2.53. The molecule has 4 heteroatoms. The van der Waals surface area contributed by atoms with Gasteiger partial charge in [0.1, 0.15) is 11.1 Å². The number of benzene rings is 2. The van der Waals surface area contributed by atoms with Crippen LogP contribution >= 0.6 is 11.3 Å². The first kappa shape index (κ1) is 13.6. The number of aromatic nitrogens is 2. The van der Waals surface area contributed by atoms with Crippen LogP contribution in [0, 0.1) is 11.3 Å². The van der Waals surface area contributed by atoms with Gasteiger partial charge in [-0.1, -0.05) is 36.4 Å². The number of hydrogen-bond acceptors (Lipinski definition) is 4. The maximum Gasteiger partial charge on any atom is 0.135 e. The van der Waals surface area contributed by atoms with Crippen molar-refractivity contribution in [1.82, 2.24) is 9.97 Å². The van der Waals surface area contributed by atoms with E-state index in [2.05, 4.69) is 16.0 Å². The van der Waals surface area contributed by atoms with E-state index in [9.17, 15) is 5.26 Å². The van der Waals surface area contributed by atoms with Crippen molar-refractivity contribution in [3.63, 3.8) is 0 Å². The van der Waals surface area contributed by atoms with Crippen molar-refractivity contribution in [2.45, 2.75) is 0 Å². The Bertz CT molecular complexity index is 1050. The van der Waals surface area contributed by atoms with Gasteiger partial charge in [0.15, 0.2) is 0 Å². The molecule has 0 aliphatic heterocycles. The Morgan fingerprint density at radius 1 is 1.04 bits per heavy atom. The topological polar surface area (TPSA) is 49.6 Å². The van der Waals surface area contributed by atoms with Crippen LogP contribution in [0.2, 0.25) is 0 Å². The summed E-state index contributed by atoms with van der Waals surface area (Å²) in [6, 6.07) is 20.1. The maximum absolute atomic E-state index is 9.57. The molecule has 0 atom stereocenters. The van der Waals surface area contributed by atoms with Gasteiger partial charge in [0, 0.05) is 17.1 Å². The van der Waals surface area contributed by atoms with Crippen LogP contribution in [-0.2, 0) is 0 Å². The van der Waals surface area contributed by atoms with Crippen molar-refractivity contribution in [3.8, 4) is 6.07 Å². The van der Waals surface area contributed by atoms with Gasteiger partial charge in [-0.05, 0) is 24.3 Å². The highest BCUT2D eigenvalue weighted by atomic mass is 32.1. The summed E-state index contributed by atoms with van der Waals surface area (Å²) >= 11 is 1.53. The number of fused-ring (bicyclic) bond motifs is 2. The average Bonchev–Trinajstić information content (AvgIpc) is 3.03. The molecular weight excluding hydrogens is 302 g/mol. The van der Waals surface area contributed by atoms with Crippen LogP contribution in [0.15, 0.2) is 60.8 Å². The Hall–Kier alpha value is -3.03. The van der Waals surface area contributed by atoms with E-state index in [-0.39, 0.29) is 0 Å². The number of hydrogen-bond donors (Lipinski definition) is 0. The summed E-state index contributed by atoms with van der Waals surface area (Å²) in [4.78, 5) is 9.00. The number of para-hydroxylation sites is 2. The molecule has 2 aromatic heterocycles. The van der Waals surface area contributed by atoms with E-state index in [0.29, 0.717) is 5.57 Å². The molecular formula is C19H11N3S. The second kappa shape index (κ2) is 5.64. The SMILES string of the molecule is N#C/C(=C\c1cccc2cccnc12)c1nc2ccccc2s1. The summed E-state index contributed by atoms with van der Waals surface area (Å²) in [7, 11) is 0. The summed E-state index contributed by atoms with van der Waals surface area (Å²) in [6.45, 7) is 0. The number of nitrogens with zero attached hydrogens (tertiary/aromatic N) is 3. The zero-order chi connectivity index (χ0) is 15.6. The van der Waals surface area contributed by atoms with Gasteiger partial charge < -0.3 is 0 Å². The molecule has 0 radical (unpaired) electrons. The van der Waals surface area contributed by atoms with Crippen LogP contribution in [-0.4, -0.2) is 9.97 Å². The second-order valence-corrected chi connectivity index (χ2v) is 6.11. The van der Waals surface area contributed by atoms with Crippen LogP contribution in [0.5, 0.6) is 0 Å². The fourth-order valence-corrected chi connectivity index (χ4v) is 3.46. The second-order valence-electron chi connectivity index (χ2n) is 5.08. The van der Waals surface area contributed by atoms with Crippen LogP contribution in [0.3, 0.4) is 0 Å². The first-order valence-corrected chi connectivity index (χ1v) is 7.98. The van der Waals surface area contributed by atoms with Crippen molar-refractivity contribution >= 4 is 44.1 Å². The molecule has 0 bridgehead atoms. The predicted molar refractivity (Wildman–Crippen MR) is 94.8 cm³/mol. The van der Waals surface area contributed by atoms with E-state index in [0.717, 1.165) is 31.7 Å².